The zero-order chi connectivity index (χ0) is 13.7. The van der Waals surface area contributed by atoms with E-state index in [9.17, 15) is 9.59 Å². The third-order valence-corrected chi connectivity index (χ3v) is 4.07. The third-order valence-electron chi connectivity index (χ3n) is 2.65. The first-order valence-corrected chi connectivity index (χ1v) is 6.83. The van der Waals surface area contributed by atoms with Gasteiger partial charge in [-0.2, -0.15) is 0 Å². The number of carbonyl (C=O) groups is 2. The topological polar surface area (TPSA) is 57.6 Å². The molecule has 0 aliphatic heterocycles. The summed E-state index contributed by atoms with van der Waals surface area (Å²) in [6.07, 6.45) is 0.548. The highest BCUT2D eigenvalue weighted by Gasteiger charge is 2.20. The van der Waals surface area contributed by atoms with Crippen molar-refractivity contribution in [2.75, 3.05) is 13.6 Å². The monoisotopic (exact) mass is 289 g/mol. The number of amides is 1. The van der Waals surface area contributed by atoms with Crippen LogP contribution in [0.3, 0.4) is 0 Å². The lowest BCUT2D eigenvalue weighted by Gasteiger charge is -2.20. The first kappa shape index (κ1) is 15.0. The summed E-state index contributed by atoms with van der Waals surface area (Å²) in [4.78, 5) is 25.0. The van der Waals surface area contributed by atoms with Crippen molar-refractivity contribution in [2.24, 2.45) is 0 Å². The summed E-state index contributed by atoms with van der Waals surface area (Å²) in [5, 5.41) is 8.54. The second-order valence-corrected chi connectivity index (χ2v) is 5.87. The molecule has 1 aromatic heterocycles. The Kier molecular flexibility index (Phi) is 5.62. The van der Waals surface area contributed by atoms with Crippen LogP contribution in [0.25, 0.3) is 0 Å². The summed E-state index contributed by atoms with van der Waals surface area (Å²) in [6.45, 7) is 2.28. The number of hydrogen-bond donors (Lipinski definition) is 1. The largest absolute Gasteiger partial charge is 0.481 e. The lowest BCUT2D eigenvalue weighted by molar-refractivity contribution is -0.138. The minimum Gasteiger partial charge on any atom is -0.481 e. The maximum absolute atomic E-state index is 12.1. The van der Waals surface area contributed by atoms with E-state index in [0.29, 0.717) is 17.3 Å². The van der Waals surface area contributed by atoms with Gasteiger partial charge in [0, 0.05) is 24.9 Å². The van der Waals surface area contributed by atoms with E-state index in [1.165, 1.54) is 11.3 Å². The van der Waals surface area contributed by atoms with Gasteiger partial charge in [-0.25, -0.2) is 0 Å². The van der Waals surface area contributed by atoms with Crippen LogP contribution >= 0.6 is 22.9 Å². The molecule has 1 heterocycles. The molecule has 6 heteroatoms. The van der Waals surface area contributed by atoms with Crippen molar-refractivity contribution in [1.29, 1.82) is 0 Å². The molecule has 4 nitrogen and oxygen atoms in total. The van der Waals surface area contributed by atoms with Crippen LogP contribution in [0.4, 0.5) is 0 Å². The molecule has 0 saturated heterocycles. The van der Waals surface area contributed by atoms with Crippen molar-refractivity contribution in [3.05, 3.63) is 21.3 Å². The maximum Gasteiger partial charge on any atom is 0.303 e. The van der Waals surface area contributed by atoms with Crippen molar-refractivity contribution < 1.29 is 14.7 Å². The van der Waals surface area contributed by atoms with Crippen LogP contribution < -0.4 is 0 Å². The Labute approximate surface area is 115 Å². The van der Waals surface area contributed by atoms with Crippen molar-refractivity contribution in [2.45, 2.75) is 25.7 Å². The highest BCUT2D eigenvalue weighted by molar-refractivity contribution is 7.16. The second-order valence-electron chi connectivity index (χ2n) is 4.12. The number of halogens is 1. The number of carboxylic acid groups (broad SMARTS) is 1. The summed E-state index contributed by atoms with van der Waals surface area (Å²) in [7, 11) is 1.69. The number of carbonyl (C=O) groups excluding carboxylic acids is 1. The third kappa shape index (κ3) is 4.31. The standard InChI is InChI=1S/C12H16ClNO3S/c1-8(9-5-6-10(13)18-9)12(17)14(2)7-3-4-11(15)16/h5-6,8H,3-4,7H2,1-2H3,(H,15,16). The molecule has 0 aliphatic rings. The predicted molar refractivity (Wildman–Crippen MR) is 72.3 cm³/mol. The lowest BCUT2D eigenvalue weighted by Crippen LogP contribution is -2.31. The fourth-order valence-corrected chi connectivity index (χ4v) is 2.70. The van der Waals surface area contributed by atoms with E-state index >= 15 is 0 Å². The fraction of sp³-hybridized carbons (Fsp3) is 0.500. The Morgan fingerprint density at radius 3 is 2.67 bits per heavy atom. The van der Waals surface area contributed by atoms with E-state index in [2.05, 4.69) is 0 Å². The molecule has 0 radical (unpaired) electrons. The van der Waals surface area contributed by atoms with Gasteiger partial charge in [0.1, 0.15) is 0 Å². The molecule has 0 fully saturated rings. The zero-order valence-corrected chi connectivity index (χ0v) is 11.9. The first-order valence-electron chi connectivity index (χ1n) is 5.64. The molecule has 0 aliphatic carbocycles. The molecule has 1 amide bonds. The number of hydrogen-bond acceptors (Lipinski definition) is 3. The first-order chi connectivity index (χ1) is 8.41. The normalized spacial score (nSPS) is 12.2. The number of nitrogens with zero attached hydrogens (tertiary/aromatic N) is 1. The molecule has 1 unspecified atom stereocenters. The van der Waals surface area contributed by atoms with Crippen LogP contribution in [-0.2, 0) is 9.59 Å². The Morgan fingerprint density at radius 1 is 1.50 bits per heavy atom. The highest BCUT2D eigenvalue weighted by Crippen LogP contribution is 2.29. The Hall–Kier alpha value is -1.07. The number of likely N-dealkylation sites (N-methyl/N-ethyl adjacent to an activating group) is 1. The van der Waals surface area contributed by atoms with Crippen molar-refractivity contribution >= 4 is 34.8 Å². The molecule has 0 spiro atoms. The predicted octanol–water partition coefficient (Wildman–Crippen LogP) is 2.83. The SMILES string of the molecule is CC(C(=O)N(C)CCCC(=O)O)c1ccc(Cl)s1. The van der Waals surface area contributed by atoms with Gasteiger partial charge in [-0.05, 0) is 25.5 Å². The van der Waals surface area contributed by atoms with Crippen molar-refractivity contribution in [3.63, 3.8) is 0 Å². The van der Waals surface area contributed by atoms with Crippen LogP contribution in [0.2, 0.25) is 4.34 Å². The quantitative estimate of drug-likeness (QED) is 0.876. The van der Waals surface area contributed by atoms with Gasteiger partial charge >= 0.3 is 5.97 Å². The Balaban J connectivity index is 2.50. The Morgan fingerprint density at radius 2 is 2.17 bits per heavy atom. The molecule has 100 valence electrons. The molecular weight excluding hydrogens is 274 g/mol. The van der Waals surface area contributed by atoms with E-state index in [4.69, 9.17) is 16.7 Å². The molecule has 0 bridgehead atoms. The summed E-state index contributed by atoms with van der Waals surface area (Å²) in [5.74, 6) is -1.09. The van der Waals surface area contributed by atoms with E-state index in [1.54, 1.807) is 18.0 Å². The lowest BCUT2D eigenvalue weighted by atomic mass is 10.1. The van der Waals surface area contributed by atoms with Crippen LogP contribution in [0.5, 0.6) is 0 Å². The van der Waals surface area contributed by atoms with Crippen LogP contribution in [0.1, 0.15) is 30.6 Å². The van der Waals surface area contributed by atoms with Gasteiger partial charge in [0.2, 0.25) is 5.91 Å². The number of aliphatic carboxylic acids is 1. The van der Waals surface area contributed by atoms with Crippen molar-refractivity contribution in [1.82, 2.24) is 4.90 Å². The number of thiophene rings is 1. The Bertz CT molecular complexity index is 433. The summed E-state index contributed by atoms with van der Waals surface area (Å²) in [6, 6.07) is 3.62. The molecule has 1 N–H and O–H groups in total. The van der Waals surface area contributed by atoms with Gasteiger partial charge in [0.05, 0.1) is 10.3 Å². The average Bonchev–Trinajstić information content (AvgIpc) is 2.73. The maximum atomic E-state index is 12.1. The smallest absolute Gasteiger partial charge is 0.303 e. The minimum absolute atomic E-state index is 0.0149. The van der Waals surface area contributed by atoms with Crippen LogP contribution in [0.15, 0.2) is 12.1 Å². The molecule has 1 aromatic rings. The van der Waals surface area contributed by atoms with E-state index < -0.39 is 5.97 Å². The molecule has 1 atom stereocenters. The van der Waals surface area contributed by atoms with Gasteiger partial charge < -0.3 is 10.0 Å². The summed E-state index contributed by atoms with van der Waals surface area (Å²) < 4.78 is 0.665. The minimum atomic E-state index is -0.839. The average molecular weight is 290 g/mol. The van der Waals surface area contributed by atoms with E-state index in [1.807, 2.05) is 13.0 Å². The molecule has 18 heavy (non-hydrogen) atoms. The highest BCUT2D eigenvalue weighted by atomic mass is 35.5. The number of rotatable bonds is 6. The van der Waals surface area contributed by atoms with Gasteiger partial charge in [-0.3, -0.25) is 9.59 Å². The molecule has 0 aromatic carbocycles. The zero-order valence-electron chi connectivity index (χ0n) is 10.4. The molecular formula is C12H16ClNO3S. The second kappa shape index (κ2) is 6.75. The van der Waals surface area contributed by atoms with Gasteiger partial charge in [-0.1, -0.05) is 11.6 Å². The molecule has 1 rings (SSSR count). The van der Waals surface area contributed by atoms with Crippen LogP contribution in [0, 0.1) is 0 Å². The van der Waals surface area contributed by atoms with E-state index in [-0.39, 0.29) is 18.2 Å². The fourth-order valence-electron chi connectivity index (χ4n) is 1.59. The molecule has 0 saturated carbocycles. The van der Waals surface area contributed by atoms with Crippen molar-refractivity contribution in [3.8, 4) is 0 Å². The summed E-state index contributed by atoms with van der Waals surface area (Å²) >= 11 is 7.23. The van der Waals surface area contributed by atoms with Gasteiger partial charge in [-0.15, -0.1) is 11.3 Å². The van der Waals surface area contributed by atoms with Gasteiger partial charge in [0.25, 0.3) is 0 Å². The van der Waals surface area contributed by atoms with Crippen LogP contribution in [-0.4, -0.2) is 35.5 Å². The summed E-state index contributed by atoms with van der Waals surface area (Å²) in [5.41, 5.74) is 0. The van der Waals surface area contributed by atoms with Gasteiger partial charge in [0.15, 0.2) is 0 Å². The van der Waals surface area contributed by atoms with E-state index in [0.717, 1.165) is 4.88 Å². The number of carboxylic acids is 1.